The minimum Gasteiger partial charge on any atom is -0.411 e. The second-order valence-corrected chi connectivity index (χ2v) is 4.87. The predicted molar refractivity (Wildman–Crippen MR) is 78.0 cm³/mol. The number of benzene rings is 1. The first kappa shape index (κ1) is 16.1. The van der Waals surface area contributed by atoms with Crippen LogP contribution in [-0.2, 0) is 6.18 Å². The molecule has 4 nitrogen and oxygen atoms in total. The first-order valence-corrected chi connectivity index (χ1v) is 6.48. The van der Waals surface area contributed by atoms with Crippen molar-refractivity contribution in [2.24, 2.45) is 5.16 Å². The van der Waals surface area contributed by atoms with Gasteiger partial charge >= 0.3 is 6.18 Å². The molecule has 0 atom stereocenters. The van der Waals surface area contributed by atoms with Crippen LogP contribution in [0.15, 0.2) is 41.7 Å². The minimum atomic E-state index is -4.53. The lowest BCUT2D eigenvalue weighted by atomic mass is 10.1. The van der Waals surface area contributed by atoms with Gasteiger partial charge < -0.3 is 10.5 Å². The molecule has 2 rings (SSSR count). The molecular formula is C14H11ClF3N3O. The Kier molecular flexibility index (Phi) is 4.56. The third-order valence-electron chi connectivity index (χ3n) is 2.85. The largest absolute Gasteiger partial charge is 0.418 e. The van der Waals surface area contributed by atoms with Crippen LogP contribution in [0.3, 0.4) is 0 Å². The van der Waals surface area contributed by atoms with Crippen molar-refractivity contribution in [2.75, 3.05) is 5.32 Å². The summed E-state index contributed by atoms with van der Waals surface area (Å²) in [5.74, 6) is 0. The van der Waals surface area contributed by atoms with Crippen LogP contribution >= 0.6 is 11.6 Å². The summed E-state index contributed by atoms with van der Waals surface area (Å²) < 4.78 is 39.0. The van der Waals surface area contributed by atoms with Gasteiger partial charge in [0.05, 0.1) is 28.8 Å². The van der Waals surface area contributed by atoms with Gasteiger partial charge in [0.15, 0.2) is 0 Å². The molecule has 1 aromatic heterocycles. The summed E-state index contributed by atoms with van der Waals surface area (Å²) in [4.78, 5) is 3.99. The second kappa shape index (κ2) is 6.23. The summed E-state index contributed by atoms with van der Waals surface area (Å²) in [6.45, 7) is 1.55. The van der Waals surface area contributed by atoms with Crippen molar-refractivity contribution in [3.63, 3.8) is 0 Å². The molecule has 2 aromatic rings. The normalized spacial score (nSPS) is 12.3. The van der Waals surface area contributed by atoms with E-state index < -0.39 is 11.7 Å². The van der Waals surface area contributed by atoms with E-state index in [9.17, 15) is 13.2 Å². The lowest BCUT2D eigenvalue weighted by molar-refractivity contribution is -0.136. The zero-order valence-electron chi connectivity index (χ0n) is 11.3. The van der Waals surface area contributed by atoms with Crippen LogP contribution in [0.5, 0.6) is 0 Å². The van der Waals surface area contributed by atoms with E-state index in [4.69, 9.17) is 16.8 Å². The lowest BCUT2D eigenvalue weighted by Gasteiger charge is -2.15. The molecule has 0 aliphatic carbocycles. The van der Waals surface area contributed by atoms with Gasteiger partial charge in [-0.3, -0.25) is 4.98 Å². The number of rotatable bonds is 3. The SMILES string of the molecule is C/C(=N\O)c1ccc(Nc2ccc(Cl)cc2C(F)(F)F)cn1. The molecule has 0 unspecified atom stereocenters. The van der Waals surface area contributed by atoms with Gasteiger partial charge in [0, 0.05) is 5.02 Å². The molecule has 22 heavy (non-hydrogen) atoms. The molecule has 1 heterocycles. The molecule has 0 fully saturated rings. The highest BCUT2D eigenvalue weighted by atomic mass is 35.5. The maximum Gasteiger partial charge on any atom is 0.418 e. The van der Waals surface area contributed by atoms with Gasteiger partial charge in [-0.05, 0) is 37.3 Å². The topological polar surface area (TPSA) is 57.5 Å². The highest BCUT2D eigenvalue weighted by Gasteiger charge is 2.33. The summed E-state index contributed by atoms with van der Waals surface area (Å²) in [6, 6.07) is 6.53. The minimum absolute atomic E-state index is 0.00105. The van der Waals surface area contributed by atoms with E-state index in [0.717, 1.165) is 6.07 Å². The zero-order chi connectivity index (χ0) is 16.3. The van der Waals surface area contributed by atoms with Gasteiger partial charge in [-0.1, -0.05) is 16.8 Å². The fourth-order valence-electron chi connectivity index (χ4n) is 1.75. The highest BCUT2D eigenvalue weighted by Crippen LogP contribution is 2.37. The maximum atomic E-state index is 13.0. The van der Waals surface area contributed by atoms with Crippen molar-refractivity contribution in [3.8, 4) is 0 Å². The molecule has 0 aliphatic rings. The molecule has 0 saturated heterocycles. The fraction of sp³-hybridized carbons (Fsp3) is 0.143. The maximum absolute atomic E-state index is 13.0. The van der Waals surface area contributed by atoms with Crippen molar-refractivity contribution >= 4 is 28.7 Å². The first-order chi connectivity index (χ1) is 10.3. The molecule has 0 bridgehead atoms. The van der Waals surface area contributed by atoms with E-state index in [1.54, 1.807) is 6.92 Å². The molecule has 116 valence electrons. The van der Waals surface area contributed by atoms with Crippen LogP contribution in [0.25, 0.3) is 0 Å². The van der Waals surface area contributed by atoms with Crippen molar-refractivity contribution in [3.05, 3.63) is 52.8 Å². The average molecular weight is 330 g/mol. The van der Waals surface area contributed by atoms with Gasteiger partial charge in [0.25, 0.3) is 0 Å². The number of hydrogen-bond donors (Lipinski definition) is 2. The number of aromatic nitrogens is 1. The van der Waals surface area contributed by atoms with E-state index in [2.05, 4.69) is 15.5 Å². The van der Waals surface area contributed by atoms with E-state index in [1.165, 1.54) is 30.5 Å². The van der Waals surface area contributed by atoms with Crippen molar-refractivity contribution < 1.29 is 18.4 Å². The fourth-order valence-corrected chi connectivity index (χ4v) is 1.92. The molecule has 1 aromatic carbocycles. The molecule has 0 saturated carbocycles. The van der Waals surface area contributed by atoms with Gasteiger partial charge in [-0.25, -0.2) is 0 Å². The Morgan fingerprint density at radius 1 is 1.27 bits per heavy atom. The Morgan fingerprint density at radius 3 is 2.55 bits per heavy atom. The smallest absolute Gasteiger partial charge is 0.411 e. The molecule has 0 radical (unpaired) electrons. The highest BCUT2D eigenvalue weighted by molar-refractivity contribution is 6.30. The van der Waals surface area contributed by atoms with Crippen LogP contribution in [0, 0.1) is 0 Å². The van der Waals surface area contributed by atoms with Crippen LogP contribution in [0.1, 0.15) is 18.2 Å². The first-order valence-electron chi connectivity index (χ1n) is 6.10. The van der Waals surface area contributed by atoms with Crippen LogP contribution in [0.4, 0.5) is 24.5 Å². The molecular weight excluding hydrogens is 319 g/mol. The Balaban J connectivity index is 2.31. The molecule has 2 N–H and O–H groups in total. The average Bonchev–Trinajstić information content (AvgIpc) is 2.48. The number of hydrogen-bond acceptors (Lipinski definition) is 4. The third kappa shape index (κ3) is 3.67. The van der Waals surface area contributed by atoms with E-state index >= 15 is 0 Å². The Hall–Kier alpha value is -2.28. The lowest BCUT2D eigenvalue weighted by Crippen LogP contribution is -2.09. The Labute approximate surface area is 129 Å². The van der Waals surface area contributed by atoms with Crippen molar-refractivity contribution in [1.29, 1.82) is 0 Å². The van der Waals surface area contributed by atoms with Crippen molar-refractivity contribution in [2.45, 2.75) is 13.1 Å². The number of alkyl halides is 3. The van der Waals surface area contributed by atoms with E-state index in [1.807, 2.05) is 0 Å². The van der Waals surface area contributed by atoms with Crippen LogP contribution < -0.4 is 5.32 Å². The summed E-state index contributed by atoms with van der Waals surface area (Å²) in [7, 11) is 0. The standard InChI is InChI=1S/C14H11ClF3N3O/c1-8(21-22)12-5-3-10(7-19-12)20-13-4-2-9(15)6-11(13)14(16,17)18/h2-7,20,22H,1H3/b21-8+. The Morgan fingerprint density at radius 2 is 2.00 bits per heavy atom. The van der Waals surface area contributed by atoms with Crippen LogP contribution in [-0.4, -0.2) is 15.9 Å². The number of halogens is 4. The van der Waals surface area contributed by atoms with Gasteiger partial charge in [-0.2, -0.15) is 13.2 Å². The monoisotopic (exact) mass is 329 g/mol. The summed E-state index contributed by atoms with van der Waals surface area (Å²) in [5.41, 5.74) is 0.0905. The predicted octanol–water partition coefficient (Wildman–Crippen LogP) is 4.70. The van der Waals surface area contributed by atoms with Crippen LogP contribution in [0.2, 0.25) is 5.02 Å². The summed E-state index contributed by atoms with van der Waals surface area (Å²) >= 11 is 5.62. The van der Waals surface area contributed by atoms with E-state index in [-0.39, 0.29) is 10.7 Å². The van der Waals surface area contributed by atoms with Gasteiger partial charge in [0.2, 0.25) is 0 Å². The quantitative estimate of drug-likeness (QED) is 0.487. The number of oxime groups is 1. The van der Waals surface area contributed by atoms with Gasteiger partial charge in [-0.15, -0.1) is 0 Å². The molecule has 0 amide bonds. The number of nitrogens with zero attached hydrogens (tertiary/aromatic N) is 2. The van der Waals surface area contributed by atoms with Crippen molar-refractivity contribution in [1.82, 2.24) is 4.98 Å². The molecule has 0 aliphatic heterocycles. The molecule has 8 heteroatoms. The number of pyridine rings is 1. The zero-order valence-corrected chi connectivity index (χ0v) is 12.1. The summed E-state index contributed by atoms with van der Waals surface area (Å²) in [6.07, 6.45) is -3.18. The summed E-state index contributed by atoms with van der Waals surface area (Å²) in [5, 5.41) is 14.3. The van der Waals surface area contributed by atoms with Gasteiger partial charge in [0.1, 0.15) is 5.71 Å². The number of nitrogens with one attached hydrogen (secondary N) is 1. The third-order valence-corrected chi connectivity index (χ3v) is 3.09. The second-order valence-electron chi connectivity index (χ2n) is 4.43. The van der Waals surface area contributed by atoms with E-state index in [0.29, 0.717) is 17.1 Å². The number of anilines is 2. The Bertz CT molecular complexity index is 699. The molecule has 0 spiro atoms.